The van der Waals surface area contributed by atoms with Crippen molar-refractivity contribution in [3.05, 3.63) is 0 Å². The second-order valence-corrected chi connectivity index (χ2v) is 5.21. The number of hydrogen-bond donors (Lipinski definition) is 2. The number of rotatable bonds is 7. The SMILES string of the molecule is CCN(C(=O)CCNC1CC1)C1COCC1C(=O)O. The first-order chi connectivity index (χ1) is 9.13. The van der Waals surface area contributed by atoms with E-state index in [1.807, 2.05) is 6.92 Å². The van der Waals surface area contributed by atoms with Crippen LogP contribution in [-0.2, 0) is 14.3 Å². The van der Waals surface area contributed by atoms with E-state index >= 15 is 0 Å². The lowest BCUT2D eigenvalue weighted by molar-refractivity contribution is -0.145. The van der Waals surface area contributed by atoms with Gasteiger partial charge in [0.05, 0.1) is 19.3 Å². The molecule has 1 aliphatic heterocycles. The Labute approximate surface area is 113 Å². The Morgan fingerprint density at radius 3 is 2.68 bits per heavy atom. The van der Waals surface area contributed by atoms with Gasteiger partial charge < -0.3 is 20.1 Å². The van der Waals surface area contributed by atoms with E-state index in [4.69, 9.17) is 9.84 Å². The van der Waals surface area contributed by atoms with Crippen LogP contribution in [0.3, 0.4) is 0 Å². The Balaban J connectivity index is 1.85. The zero-order valence-electron chi connectivity index (χ0n) is 11.3. The van der Waals surface area contributed by atoms with Crippen molar-refractivity contribution in [2.75, 3.05) is 26.3 Å². The maximum atomic E-state index is 12.2. The number of nitrogens with zero attached hydrogens (tertiary/aromatic N) is 1. The first-order valence-corrected chi connectivity index (χ1v) is 6.97. The van der Waals surface area contributed by atoms with E-state index in [2.05, 4.69) is 5.32 Å². The molecule has 1 saturated carbocycles. The quantitative estimate of drug-likeness (QED) is 0.685. The normalized spacial score (nSPS) is 26.4. The molecule has 2 atom stereocenters. The van der Waals surface area contributed by atoms with Gasteiger partial charge in [-0.3, -0.25) is 9.59 Å². The van der Waals surface area contributed by atoms with Crippen molar-refractivity contribution in [1.82, 2.24) is 10.2 Å². The monoisotopic (exact) mass is 270 g/mol. The Hall–Kier alpha value is -1.14. The van der Waals surface area contributed by atoms with Crippen LogP contribution in [0.15, 0.2) is 0 Å². The molecule has 2 N–H and O–H groups in total. The lowest BCUT2D eigenvalue weighted by Crippen LogP contribution is -2.47. The van der Waals surface area contributed by atoms with Crippen LogP contribution in [0.4, 0.5) is 0 Å². The maximum Gasteiger partial charge on any atom is 0.311 e. The van der Waals surface area contributed by atoms with Crippen LogP contribution < -0.4 is 5.32 Å². The summed E-state index contributed by atoms with van der Waals surface area (Å²) in [7, 11) is 0. The molecule has 2 fully saturated rings. The summed E-state index contributed by atoms with van der Waals surface area (Å²) < 4.78 is 5.23. The van der Waals surface area contributed by atoms with Gasteiger partial charge in [-0.15, -0.1) is 0 Å². The second kappa shape index (κ2) is 6.34. The smallest absolute Gasteiger partial charge is 0.311 e. The number of likely N-dealkylation sites (N-methyl/N-ethyl adjacent to an activating group) is 1. The van der Waals surface area contributed by atoms with Gasteiger partial charge in [-0.25, -0.2) is 0 Å². The highest BCUT2D eigenvalue weighted by atomic mass is 16.5. The summed E-state index contributed by atoms with van der Waals surface area (Å²) in [6, 6.07) is 0.264. The first-order valence-electron chi connectivity index (χ1n) is 6.97. The lowest BCUT2D eigenvalue weighted by atomic mass is 10.0. The third-order valence-corrected chi connectivity index (χ3v) is 3.78. The van der Waals surface area contributed by atoms with Crippen LogP contribution >= 0.6 is 0 Å². The minimum Gasteiger partial charge on any atom is -0.481 e. The summed E-state index contributed by atoms with van der Waals surface area (Å²) in [5.74, 6) is -1.47. The van der Waals surface area contributed by atoms with E-state index in [-0.39, 0.29) is 18.6 Å². The number of aliphatic carboxylic acids is 1. The highest BCUT2D eigenvalue weighted by Gasteiger charge is 2.39. The molecule has 0 spiro atoms. The molecule has 108 valence electrons. The summed E-state index contributed by atoms with van der Waals surface area (Å²) in [5, 5.41) is 12.4. The number of carboxylic acid groups (broad SMARTS) is 1. The van der Waals surface area contributed by atoms with Gasteiger partial charge >= 0.3 is 5.97 Å². The number of carbonyl (C=O) groups excluding carboxylic acids is 1. The Bertz CT molecular complexity index is 344. The van der Waals surface area contributed by atoms with Gasteiger partial charge in [0.2, 0.25) is 5.91 Å². The van der Waals surface area contributed by atoms with Crippen molar-refractivity contribution < 1.29 is 19.4 Å². The van der Waals surface area contributed by atoms with Crippen molar-refractivity contribution in [2.45, 2.75) is 38.3 Å². The van der Waals surface area contributed by atoms with Crippen LogP contribution in [-0.4, -0.2) is 60.3 Å². The molecule has 6 heteroatoms. The minimum absolute atomic E-state index is 0.0115. The largest absolute Gasteiger partial charge is 0.481 e. The van der Waals surface area contributed by atoms with Crippen LogP contribution in [0.5, 0.6) is 0 Å². The van der Waals surface area contributed by atoms with Gasteiger partial charge in [-0.1, -0.05) is 0 Å². The van der Waals surface area contributed by atoms with Crippen LogP contribution in [0.1, 0.15) is 26.2 Å². The molecule has 1 heterocycles. The average Bonchev–Trinajstić information content (AvgIpc) is 3.05. The highest BCUT2D eigenvalue weighted by Crippen LogP contribution is 2.21. The Morgan fingerprint density at radius 1 is 1.37 bits per heavy atom. The number of carboxylic acids is 1. The molecule has 1 aliphatic carbocycles. The number of nitrogens with one attached hydrogen (secondary N) is 1. The molecule has 0 aromatic carbocycles. The van der Waals surface area contributed by atoms with Crippen molar-refractivity contribution in [3.63, 3.8) is 0 Å². The number of hydrogen-bond acceptors (Lipinski definition) is 4. The highest BCUT2D eigenvalue weighted by molar-refractivity contribution is 5.78. The van der Waals surface area contributed by atoms with Gasteiger partial charge in [-0.2, -0.15) is 0 Å². The fourth-order valence-corrected chi connectivity index (χ4v) is 2.50. The van der Waals surface area contributed by atoms with E-state index in [9.17, 15) is 9.59 Å². The number of amides is 1. The van der Waals surface area contributed by atoms with Gasteiger partial charge in [0.1, 0.15) is 5.92 Å². The van der Waals surface area contributed by atoms with Gasteiger partial charge in [0.25, 0.3) is 0 Å². The zero-order chi connectivity index (χ0) is 13.8. The van der Waals surface area contributed by atoms with Crippen LogP contribution in [0.2, 0.25) is 0 Å². The molecule has 19 heavy (non-hydrogen) atoms. The Kier molecular flexibility index (Phi) is 4.76. The summed E-state index contributed by atoms with van der Waals surface area (Å²) >= 11 is 0. The molecule has 0 aromatic heterocycles. The predicted octanol–water partition coefficient (Wildman–Crippen LogP) is 0.0766. The minimum atomic E-state index is -0.884. The summed E-state index contributed by atoms with van der Waals surface area (Å²) in [6.07, 6.45) is 2.82. The molecular weight excluding hydrogens is 248 g/mol. The van der Waals surface area contributed by atoms with E-state index in [1.54, 1.807) is 4.90 Å². The standard InChI is InChI=1S/C13H22N2O4/c1-2-15(11-8-19-7-10(11)13(17)18)12(16)5-6-14-9-3-4-9/h9-11,14H,2-8H2,1H3,(H,17,18). The fourth-order valence-electron chi connectivity index (χ4n) is 2.50. The van der Waals surface area contributed by atoms with Crippen LogP contribution in [0.25, 0.3) is 0 Å². The molecule has 2 rings (SSSR count). The molecule has 2 unspecified atom stereocenters. The topological polar surface area (TPSA) is 78.9 Å². The molecule has 0 aromatic rings. The third-order valence-electron chi connectivity index (χ3n) is 3.78. The second-order valence-electron chi connectivity index (χ2n) is 5.21. The van der Waals surface area contributed by atoms with Crippen molar-refractivity contribution in [3.8, 4) is 0 Å². The predicted molar refractivity (Wildman–Crippen MR) is 68.8 cm³/mol. The van der Waals surface area contributed by atoms with E-state index < -0.39 is 11.9 Å². The molecule has 1 amide bonds. The molecular formula is C13H22N2O4. The number of ether oxygens (including phenoxy) is 1. The van der Waals surface area contributed by atoms with Crippen molar-refractivity contribution >= 4 is 11.9 Å². The average molecular weight is 270 g/mol. The molecule has 6 nitrogen and oxygen atoms in total. The van der Waals surface area contributed by atoms with E-state index in [0.29, 0.717) is 32.2 Å². The van der Waals surface area contributed by atoms with E-state index in [0.717, 1.165) is 0 Å². The zero-order valence-corrected chi connectivity index (χ0v) is 11.3. The first kappa shape index (κ1) is 14.3. The number of carbonyl (C=O) groups is 2. The van der Waals surface area contributed by atoms with Crippen molar-refractivity contribution in [2.24, 2.45) is 5.92 Å². The molecule has 0 bridgehead atoms. The lowest BCUT2D eigenvalue weighted by Gasteiger charge is -2.29. The van der Waals surface area contributed by atoms with Gasteiger partial charge in [0, 0.05) is 25.6 Å². The maximum absolute atomic E-state index is 12.2. The Morgan fingerprint density at radius 2 is 2.11 bits per heavy atom. The summed E-state index contributed by atoms with van der Waals surface area (Å²) in [4.78, 5) is 25.0. The van der Waals surface area contributed by atoms with Gasteiger partial charge in [-0.05, 0) is 19.8 Å². The molecule has 2 aliphatic rings. The van der Waals surface area contributed by atoms with Crippen LogP contribution in [0, 0.1) is 5.92 Å². The van der Waals surface area contributed by atoms with Crippen molar-refractivity contribution in [1.29, 1.82) is 0 Å². The summed E-state index contributed by atoms with van der Waals surface area (Å²) in [5.41, 5.74) is 0. The third kappa shape index (κ3) is 3.67. The molecule has 1 saturated heterocycles. The summed E-state index contributed by atoms with van der Waals surface area (Å²) in [6.45, 7) is 3.60. The van der Waals surface area contributed by atoms with Gasteiger partial charge in [0.15, 0.2) is 0 Å². The van der Waals surface area contributed by atoms with E-state index in [1.165, 1.54) is 12.8 Å². The fraction of sp³-hybridized carbons (Fsp3) is 0.846. The molecule has 0 radical (unpaired) electrons.